The van der Waals surface area contributed by atoms with E-state index in [1.807, 2.05) is 30.3 Å². The Kier molecular flexibility index (Phi) is 6.81. The Morgan fingerprint density at radius 3 is 2.31 bits per heavy atom. The van der Waals surface area contributed by atoms with Crippen molar-refractivity contribution in [1.82, 2.24) is 5.32 Å². The van der Waals surface area contributed by atoms with Crippen LogP contribution in [0.3, 0.4) is 0 Å². The van der Waals surface area contributed by atoms with Crippen molar-refractivity contribution in [3.8, 4) is 0 Å². The Morgan fingerprint density at radius 2 is 1.62 bits per heavy atom. The van der Waals surface area contributed by atoms with Crippen molar-refractivity contribution in [3.05, 3.63) is 64.6 Å². The molecule has 3 aromatic rings. The summed E-state index contributed by atoms with van der Waals surface area (Å²) in [6, 6.07) is 15.9. The minimum atomic E-state index is -3.85. The summed E-state index contributed by atoms with van der Waals surface area (Å²) >= 11 is 12.0. The third-order valence-corrected chi connectivity index (χ3v) is 6.87. The molecule has 0 aromatic heterocycles. The number of nitrogens with one attached hydrogen (secondary N) is 2. The van der Waals surface area contributed by atoms with Gasteiger partial charge in [-0.2, -0.15) is 0 Å². The molecule has 0 saturated carbocycles. The van der Waals surface area contributed by atoms with Crippen molar-refractivity contribution in [1.29, 1.82) is 0 Å². The molecule has 4 rings (SSSR count). The van der Waals surface area contributed by atoms with Gasteiger partial charge >= 0.3 is 0 Å². The zero-order valence-corrected chi connectivity index (χ0v) is 18.5. The Hall–Kier alpha value is -1.70. The van der Waals surface area contributed by atoms with Crippen molar-refractivity contribution < 1.29 is 8.42 Å². The minimum absolute atomic E-state index is 0. The topological polar surface area (TPSA) is 61.4 Å². The fourth-order valence-electron chi connectivity index (χ4n) is 3.45. The average molecular weight is 473 g/mol. The van der Waals surface area contributed by atoms with Crippen LogP contribution in [0.1, 0.15) is 0 Å². The molecule has 1 saturated heterocycles. The quantitative estimate of drug-likeness (QED) is 0.574. The molecule has 0 unspecified atom stereocenters. The normalized spacial score (nSPS) is 14.5. The summed E-state index contributed by atoms with van der Waals surface area (Å²) in [6.07, 6.45) is 0. The van der Waals surface area contributed by atoms with Crippen LogP contribution in [0.4, 0.5) is 11.4 Å². The van der Waals surface area contributed by atoms with Crippen molar-refractivity contribution >= 4 is 67.8 Å². The highest BCUT2D eigenvalue weighted by Crippen LogP contribution is 2.34. The number of fused-ring (bicyclic) bond motifs is 1. The lowest BCUT2D eigenvalue weighted by Gasteiger charge is -2.30. The van der Waals surface area contributed by atoms with Crippen LogP contribution in [0.15, 0.2) is 59.5 Å². The monoisotopic (exact) mass is 471 g/mol. The number of rotatable bonds is 4. The number of benzene rings is 3. The Balaban J connectivity index is 0.00000240. The molecule has 29 heavy (non-hydrogen) atoms. The first-order valence-electron chi connectivity index (χ1n) is 8.91. The zero-order chi connectivity index (χ0) is 19.7. The van der Waals surface area contributed by atoms with E-state index in [4.69, 9.17) is 23.2 Å². The summed E-state index contributed by atoms with van der Waals surface area (Å²) in [4.78, 5) is 2.31. The highest BCUT2D eigenvalue weighted by atomic mass is 35.5. The SMILES string of the molecule is Cl.O=S(=O)(Nc1ccc(N2CCNCC2)c2ccccc12)c1ccc(Cl)cc1Cl. The van der Waals surface area contributed by atoms with E-state index in [0.29, 0.717) is 10.7 Å². The van der Waals surface area contributed by atoms with E-state index >= 15 is 0 Å². The van der Waals surface area contributed by atoms with Gasteiger partial charge in [-0.15, -0.1) is 12.4 Å². The van der Waals surface area contributed by atoms with E-state index in [1.165, 1.54) is 18.2 Å². The maximum atomic E-state index is 12.9. The number of nitrogens with zero attached hydrogens (tertiary/aromatic N) is 1. The fourth-order valence-corrected chi connectivity index (χ4v) is 5.30. The lowest BCUT2D eigenvalue weighted by molar-refractivity contribution is 0.590. The van der Waals surface area contributed by atoms with Gasteiger partial charge in [0.15, 0.2) is 0 Å². The summed E-state index contributed by atoms with van der Waals surface area (Å²) in [6.45, 7) is 3.68. The number of halogens is 3. The lowest BCUT2D eigenvalue weighted by Crippen LogP contribution is -2.43. The number of anilines is 2. The van der Waals surface area contributed by atoms with Crippen LogP contribution in [0, 0.1) is 0 Å². The maximum absolute atomic E-state index is 12.9. The molecule has 3 aromatic carbocycles. The maximum Gasteiger partial charge on any atom is 0.263 e. The van der Waals surface area contributed by atoms with Gasteiger partial charge in [-0.1, -0.05) is 47.5 Å². The minimum Gasteiger partial charge on any atom is -0.368 e. The number of sulfonamides is 1. The van der Waals surface area contributed by atoms with Gasteiger partial charge in [-0.25, -0.2) is 8.42 Å². The second-order valence-electron chi connectivity index (χ2n) is 6.60. The lowest BCUT2D eigenvalue weighted by atomic mass is 10.1. The molecule has 0 aliphatic carbocycles. The van der Waals surface area contributed by atoms with Gasteiger partial charge < -0.3 is 10.2 Å². The van der Waals surface area contributed by atoms with Crippen LogP contribution in [0.5, 0.6) is 0 Å². The molecule has 1 fully saturated rings. The third-order valence-electron chi connectivity index (χ3n) is 4.79. The predicted molar refractivity (Wildman–Crippen MR) is 124 cm³/mol. The van der Waals surface area contributed by atoms with Gasteiger partial charge in [0.05, 0.1) is 10.7 Å². The first-order valence-corrected chi connectivity index (χ1v) is 11.1. The Morgan fingerprint density at radius 1 is 0.931 bits per heavy atom. The van der Waals surface area contributed by atoms with E-state index in [9.17, 15) is 8.42 Å². The molecule has 0 atom stereocenters. The second-order valence-corrected chi connectivity index (χ2v) is 9.09. The van der Waals surface area contributed by atoms with Gasteiger partial charge in [0.1, 0.15) is 4.90 Å². The van der Waals surface area contributed by atoms with Gasteiger partial charge in [0.25, 0.3) is 10.0 Å². The van der Waals surface area contributed by atoms with E-state index in [2.05, 4.69) is 14.9 Å². The summed E-state index contributed by atoms with van der Waals surface area (Å²) in [7, 11) is -3.85. The average Bonchev–Trinajstić information content (AvgIpc) is 2.68. The Labute approximate surface area is 186 Å². The van der Waals surface area contributed by atoms with Crippen molar-refractivity contribution in [3.63, 3.8) is 0 Å². The number of piperazine rings is 1. The zero-order valence-electron chi connectivity index (χ0n) is 15.4. The van der Waals surface area contributed by atoms with E-state index < -0.39 is 10.0 Å². The van der Waals surface area contributed by atoms with E-state index in [1.54, 1.807) is 6.07 Å². The predicted octanol–water partition coefficient (Wildman–Crippen LogP) is 4.78. The van der Waals surface area contributed by atoms with Crippen LogP contribution >= 0.6 is 35.6 Å². The van der Waals surface area contributed by atoms with E-state index in [0.717, 1.165) is 42.6 Å². The molecule has 0 amide bonds. The van der Waals surface area contributed by atoms with Crippen LogP contribution in [0.2, 0.25) is 10.0 Å². The summed E-state index contributed by atoms with van der Waals surface area (Å²) in [5, 5.41) is 5.66. The molecule has 0 bridgehead atoms. The number of hydrogen-bond acceptors (Lipinski definition) is 4. The smallest absolute Gasteiger partial charge is 0.263 e. The largest absolute Gasteiger partial charge is 0.368 e. The molecular formula is C20H20Cl3N3O2S. The van der Waals surface area contributed by atoms with Crippen molar-refractivity contribution in [2.75, 3.05) is 35.8 Å². The molecule has 1 aliphatic heterocycles. The first kappa shape index (κ1) is 22.0. The van der Waals surface area contributed by atoms with Crippen molar-refractivity contribution in [2.24, 2.45) is 0 Å². The molecule has 1 aliphatic rings. The molecular weight excluding hydrogens is 453 g/mol. The standard InChI is InChI=1S/C20H19Cl2N3O2S.ClH/c21-14-5-8-20(17(22)13-14)28(26,27)24-18-6-7-19(25-11-9-23-10-12-25)16-4-2-1-3-15(16)18;/h1-8,13,23-24H,9-12H2;1H. The number of hydrogen-bond donors (Lipinski definition) is 2. The van der Waals surface area contributed by atoms with E-state index in [-0.39, 0.29) is 22.3 Å². The first-order chi connectivity index (χ1) is 13.5. The Bertz CT molecular complexity index is 1130. The highest BCUT2D eigenvalue weighted by molar-refractivity contribution is 7.92. The van der Waals surface area contributed by atoms with Crippen LogP contribution < -0.4 is 14.9 Å². The summed E-state index contributed by atoms with van der Waals surface area (Å²) in [5.74, 6) is 0. The molecule has 154 valence electrons. The second kappa shape index (κ2) is 8.98. The van der Waals surface area contributed by atoms with Gasteiger partial charge in [-0.05, 0) is 30.3 Å². The molecule has 9 heteroatoms. The molecule has 1 heterocycles. The highest BCUT2D eigenvalue weighted by Gasteiger charge is 2.21. The third kappa shape index (κ3) is 4.57. The van der Waals surface area contributed by atoms with Crippen LogP contribution in [-0.2, 0) is 10.0 Å². The summed E-state index contributed by atoms with van der Waals surface area (Å²) in [5.41, 5.74) is 1.62. The summed E-state index contributed by atoms with van der Waals surface area (Å²) < 4.78 is 28.5. The van der Waals surface area contributed by atoms with Gasteiger partial charge in [0, 0.05) is 47.7 Å². The van der Waals surface area contributed by atoms with Crippen molar-refractivity contribution in [2.45, 2.75) is 4.90 Å². The molecule has 2 N–H and O–H groups in total. The fraction of sp³-hybridized carbons (Fsp3) is 0.200. The van der Waals surface area contributed by atoms with Gasteiger partial charge in [0.2, 0.25) is 0 Å². The van der Waals surface area contributed by atoms with Gasteiger partial charge in [-0.3, -0.25) is 4.72 Å². The molecule has 5 nitrogen and oxygen atoms in total. The molecule has 0 radical (unpaired) electrons. The molecule has 0 spiro atoms. The van der Waals surface area contributed by atoms with Crippen LogP contribution in [-0.4, -0.2) is 34.6 Å². The van der Waals surface area contributed by atoms with Crippen LogP contribution in [0.25, 0.3) is 10.8 Å².